The highest BCUT2D eigenvalue weighted by atomic mass is 16.6. The van der Waals surface area contributed by atoms with Crippen LogP contribution in [0, 0.1) is 17.8 Å². The molecule has 0 spiro atoms. The van der Waals surface area contributed by atoms with Crippen LogP contribution in [0.1, 0.15) is 39.2 Å². The van der Waals surface area contributed by atoms with Crippen molar-refractivity contribution in [1.82, 2.24) is 0 Å². The molecule has 1 aromatic rings. The van der Waals surface area contributed by atoms with Crippen LogP contribution in [0.2, 0.25) is 0 Å². The maximum atomic E-state index is 12.8. The quantitative estimate of drug-likeness (QED) is 0.851. The number of hydrogen-bond donors (Lipinski definition) is 1. The molecule has 21 heavy (non-hydrogen) atoms. The van der Waals surface area contributed by atoms with Gasteiger partial charge in [0.15, 0.2) is 5.60 Å². The second-order valence-corrected chi connectivity index (χ2v) is 6.99. The molecule has 0 aromatic heterocycles. The van der Waals surface area contributed by atoms with Crippen LogP contribution in [0.3, 0.4) is 0 Å². The largest absolute Gasteiger partial charge is 0.448 e. The predicted molar refractivity (Wildman–Crippen MR) is 79.8 cm³/mol. The van der Waals surface area contributed by atoms with Crippen LogP contribution in [-0.4, -0.2) is 17.5 Å². The first-order valence-corrected chi connectivity index (χ1v) is 7.34. The molecule has 1 aliphatic heterocycles. The van der Waals surface area contributed by atoms with E-state index in [2.05, 4.69) is 5.32 Å². The molecule has 112 valence electrons. The van der Waals surface area contributed by atoms with Gasteiger partial charge in [-0.3, -0.25) is 9.59 Å². The highest BCUT2D eigenvalue weighted by Crippen LogP contribution is 2.65. The maximum absolute atomic E-state index is 12.8. The summed E-state index contributed by atoms with van der Waals surface area (Å²) in [5, 5.41) is 2.91. The van der Waals surface area contributed by atoms with Crippen LogP contribution >= 0.6 is 0 Å². The molecule has 0 radical (unpaired) electrons. The molecule has 1 aromatic carbocycles. The van der Waals surface area contributed by atoms with E-state index in [1.54, 1.807) is 0 Å². The van der Waals surface area contributed by atoms with E-state index in [1.165, 1.54) is 0 Å². The molecule has 4 nitrogen and oxygen atoms in total. The lowest BCUT2D eigenvalue weighted by molar-refractivity contribution is -0.165. The number of carbonyl (C=O) groups excluding carboxylic acids is 2. The Morgan fingerprint density at radius 2 is 1.76 bits per heavy atom. The van der Waals surface area contributed by atoms with E-state index in [-0.39, 0.29) is 11.9 Å². The molecule has 0 unspecified atom stereocenters. The Morgan fingerprint density at radius 3 is 2.24 bits per heavy atom. The van der Waals surface area contributed by atoms with Crippen molar-refractivity contribution in [3.63, 3.8) is 0 Å². The predicted octanol–water partition coefficient (Wildman–Crippen LogP) is 3.06. The van der Waals surface area contributed by atoms with Crippen molar-refractivity contribution in [2.24, 2.45) is 10.8 Å². The van der Waals surface area contributed by atoms with E-state index >= 15 is 0 Å². The number of esters is 1. The summed E-state index contributed by atoms with van der Waals surface area (Å²) in [5.74, 6) is -0.469. The van der Waals surface area contributed by atoms with Crippen LogP contribution in [0.5, 0.6) is 0 Å². The van der Waals surface area contributed by atoms with E-state index in [4.69, 9.17) is 4.74 Å². The molecule has 1 saturated heterocycles. The summed E-state index contributed by atoms with van der Waals surface area (Å²) in [5.41, 5.74) is -0.271. The number of fused-ring (bicyclic) bond motifs is 2. The molecule has 1 heterocycles. The zero-order valence-electron chi connectivity index (χ0n) is 12.9. The molecule has 2 atom stereocenters. The average molecular weight is 287 g/mol. The third kappa shape index (κ3) is 1.62. The molecule has 1 aliphatic carbocycles. The number of rotatable bonds is 2. The van der Waals surface area contributed by atoms with Gasteiger partial charge >= 0.3 is 5.97 Å². The Kier molecular flexibility index (Phi) is 2.75. The molecular weight excluding hydrogens is 266 g/mol. The van der Waals surface area contributed by atoms with Crippen molar-refractivity contribution in [1.29, 1.82) is 0 Å². The summed E-state index contributed by atoms with van der Waals surface area (Å²) in [6.45, 7) is 7.82. The first-order chi connectivity index (χ1) is 9.73. The lowest BCUT2D eigenvalue weighted by Gasteiger charge is -2.35. The number of aryl methyl sites for hydroxylation is 1. The summed E-state index contributed by atoms with van der Waals surface area (Å²) in [6.07, 6.45) is 1.28. The molecular formula is C17H21NO3. The number of benzene rings is 1. The fraction of sp³-hybridized carbons (Fsp3) is 0.529. The van der Waals surface area contributed by atoms with Gasteiger partial charge in [0, 0.05) is 11.1 Å². The van der Waals surface area contributed by atoms with Gasteiger partial charge in [-0.15, -0.1) is 0 Å². The van der Waals surface area contributed by atoms with Gasteiger partial charge in [-0.1, -0.05) is 31.5 Å². The van der Waals surface area contributed by atoms with E-state index in [0.29, 0.717) is 12.8 Å². The first-order valence-electron chi connectivity index (χ1n) is 7.34. The maximum Gasteiger partial charge on any atom is 0.313 e. The van der Waals surface area contributed by atoms with Gasteiger partial charge in [0.1, 0.15) is 0 Å². The summed E-state index contributed by atoms with van der Waals surface area (Å²) in [7, 11) is 0. The van der Waals surface area contributed by atoms with Crippen molar-refractivity contribution in [3.05, 3.63) is 29.8 Å². The summed E-state index contributed by atoms with van der Waals surface area (Å²) < 4.78 is 5.57. The van der Waals surface area contributed by atoms with Gasteiger partial charge < -0.3 is 10.1 Å². The number of amides is 1. The zero-order valence-corrected chi connectivity index (χ0v) is 12.9. The average Bonchev–Trinajstić information content (AvgIpc) is 2.72. The fourth-order valence-electron chi connectivity index (χ4n) is 3.62. The Morgan fingerprint density at radius 1 is 1.14 bits per heavy atom. The summed E-state index contributed by atoms with van der Waals surface area (Å²) in [4.78, 5) is 25.0. The molecule has 3 rings (SSSR count). The van der Waals surface area contributed by atoms with Crippen LogP contribution in [-0.2, 0) is 14.3 Å². The van der Waals surface area contributed by atoms with Crippen LogP contribution in [0.25, 0.3) is 0 Å². The van der Waals surface area contributed by atoms with Crippen LogP contribution in [0.4, 0.5) is 5.69 Å². The Labute approximate surface area is 124 Å². The summed E-state index contributed by atoms with van der Waals surface area (Å²) >= 11 is 0. The lowest BCUT2D eigenvalue weighted by atomic mass is 9.66. The van der Waals surface area contributed by atoms with E-state index in [9.17, 15) is 9.59 Å². The third-order valence-corrected chi connectivity index (χ3v) is 5.76. The Hall–Kier alpha value is -1.84. The smallest absolute Gasteiger partial charge is 0.313 e. The Balaban J connectivity index is 1.91. The summed E-state index contributed by atoms with van der Waals surface area (Å²) in [6, 6.07) is 7.61. The van der Waals surface area contributed by atoms with E-state index in [1.807, 2.05) is 52.0 Å². The minimum atomic E-state index is -1.05. The van der Waals surface area contributed by atoms with Gasteiger partial charge in [0.2, 0.25) is 0 Å². The van der Waals surface area contributed by atoms with Gasteiger partial charge in [-0.25, -0.2) is 0 Å². The molecule has 1 N–H and O–H groups in total. The molecule has 1 amide bonds. The molecule has 2 aliphatic rings. The highest BCUT2D eigenvalue weighted by molar-refractivity contribution is 6.03. The number of anilines is 1. The molecule has 1 saturated carbocycles. The fourth-order valence-corrected chi connectivity index (χ4v) is 3.62. The van der Waals surface area contributed by atoms with Crippen molar-refractivity contribution in [2.45, 2.75) is 46.1 Å². The van der Waals surface area contributed by atoms with Gasteiger partial charge in [-0.05, 0) is 38.8 Å². The van der Waals surface area contributed by atoms with E-state index in [0.717, 1.165) is 11.3 Å². The Bertz CT molecular complexity index is 619. The number of nitrogens with one attached hydrogen (secondary N) is 1. The van der Waals surface area contributed by atoms with Crippen LogP contribution < -0.4 is 5.32 Å². The minimum Gasteiger partial charge on any atom is -0.448 e. The normalized spacial score (nSPS) is 32.9. The molecule has 2 fully saturated rings. The monoisotopic (exact) mass is 287 g/mol. The highest BCUT2D eigenvalue weighted by Gasteiger charge is 2.75. The first kappa shape index (κ1) is 14.1. The van der Waals surface area contributed by atoms with Gasteiger partial charge in [-0.2, -0.15) is 0 Å². The van der Waals surface area contributed by atoms with Crippen molar-refractivity contribution >= 4 is 17.6 Å². The topological polar surface area (TPSA) is 55.4 Å². The SMILES string of the molecule is Cc1ccc(NC(=O)[C@]23CC[C@@](C)(C(=O)O2)C3(C)C)cc1. The van der Waals surface area contributed by atoms with Gasteiger partial charge in [0.25, 0.3) is 5.91 Å². The van der Waals surface area contributed by atoms with Crippen molar-refractivity contribution < 1.29 is 14.3 Å². The standard InChI is InChI=1S/C17H21NO3/c1-11-5-7-12(8-6-11)18-13(19)17-10-9-16(4,14(20)21-17)15(17,2)3/h5-8H,9-10H2,1-4H3,(H,18,19)/t16-,17-/m0/s1. The van der Waals surface area contributed by atoms with Crippen LogP contribution in [0.15, 0.2) is 24.3 Å². The number of hydrogen-bond acceptors (Lipinski definition) is 3. The molecule has 2 bridgehead atoms. The number of carbonyl (C=O) groups is 2. The second-order valence-electron chi connectivity index (χ2n) is 6.99. The van der Waals surface area contributed by atoms with Crippen molar-refractivity contribution in [3.8, 4) is 0 Å². The number of ether oxygens (including phenoxy) is 1. The van der Waals surface area contributed by atoms with Gasteiger partial charge in [0.05, 0.1) is 5.41 Å². The zero-order chi connectivity index (χ0) is 15.5. The van der Waals surface area contributed by atoms with E-state index < -0.39 is 16.4 Å². The molecule has 4 heteroatoms. The lowest BCUT2D eigenvalue weighted by Crippen LogP contribution is -2.50. The minimum absolute atomic E-state index is 0.217. The second kappa shape index (κ2) is 4.09. The third-order valence-electron chi connectivity index (χ3n) is 5.76. The van der Waals surface area contributed by atoms with Crippen molar-refractivity contribution in [2.75, 3.05) is 5.32 Å².